The van der Waals surface area contributed by atoms with E-state index in [4.69, 9.17) is 0 Å². The topological polar surface area (TPSA) is 0 Å². The SMILES string of the molecule is CC.CC.CC.CC.CC.CC.CC.CC.CC.CC.CC.CCC.Cc1c2ccccc2c(C)c2ccccc12.Cc1c2ccccc2cc2ccccc12.Cc1ccc(C)cc1.Cc1cccc(C)c1.Cc1ccccc1C.c1ccc2cc3ccccc3cc2c1.c1ccc2cc3ccccc3cc2c1.c1ccc2ccccc2c1.c1ccc2ccccc2c1.c1ccccc1.c1ccccc1. The van der Waals surface area contributed by atoms with Gasteiger partial charge in [0.1, 0.15) is 0 Å². The molecule has 21 aromatic rings. The van der Waals surface area contributed by atoms with Gasteiger partial charge in [0.05, 0.1) is 0 Å². The lowest BCUT2D eigenvalue weighted by Gasteiger charge is -2.11. The van der Waals surface area contributed by atoms with Crippen LogP contribution in [0, 0.1) is 62.3 Å². The van der Waals surface area contributed by atoms with E-state index in [1.807, 2.05) is 225 Å². The van der Waals surface area contributed by atoms with Crippen LogP contribution in [0.2, 0.25) is 0 Å². The summed E-state index contributed by atoms with van der Waals surface area (Å²) in [6.07, 6.45) is 1.25. The molecule has 0 aromatic heterocycles. The molecule has 0 saturated carbocycles. The number of fused-ring (bicyclic) bond motifs is 10. The summed E-state index contributed by atoms with van der Waals surface area (Å²) in [5.41, 5.74) is 12.2. The number of hydrogen-bond acceptors (Lipinski definition) is 0. The Kier molecular flexibility index (Phi) is 77.4. The third-order valence-electron chi connectivity index (χ3n) is 20.2. The summed E-state index contributed by atoms with van der Waals surface area (Å²) in [5.74, 6) is 0. The van der Waals surface area contributed by atoms with E-state index >= 15 is 0 Å². The Hall–Kier alpha value is -13.8. The smallest absolute Gasteiger partial charge is 0.0146 e. The molecule has 0 bridgehead atoms. The Balaban J connectivity index is 0. The quantitative estimate of drug-likeness (QED) is 0.133. The second-order valence-electron chi connectivity index (χ2n) is 29.5. The van der Waals surface area contributed by atoms with Crippen LogP contribution in [0.15, 0.2) is 467 Å². The van der Waals surface area contributed by atoms with Crippen LogP contribution in [0.4, 0.5) is 0 Å². The molecule has 0 saturated heterocycles. The average molecular weight is 1860 g/mol. The van der Waals surface area contributed by atoms with Crippen molar-refractivity contribution in [1.29, 1.82) is 0 Å². The van der Waals surface area contributed by atoms with Gasteiger partial charge >= 0.3 is 0 Å². The Morgan fingerprint density at radius 3 is 0.414 bits per heavy atom. The van der Waals surface area contributed by atoms with Gasteiger partial charge in [-0.1, -0.05) is 632 Å². The molecule has 738 valence electrons. The van der Waals surface area contributed by atoms with Crippen LogP contribution >= 0.6 is 0 Å². The number of aryl methyl sites for hydroxylation is 9. The van der Waals surface area contributed by atoms with Gasteiger partial charge in [0.25, 0.3) is 0 Å². The van der Waals surface area contributed by atoms with E-state index in [1.54, 1.807) is 0 Å². The monoisotopic (exact) mass is 1860 g/mol. The normalized spacial score (nSPS) is 8.92. The number of rotatable bonds is 0. The van der Waals surface area contributed by atoms with Gasteiger partial charge in [-0.05, 0) is 228 Å². The third-order valence-corrected chi connectivity index (χ3v) is 20.2. The van der Waals surface area contributed by atoms with Gasteiger partial charge in [-0.2, -0.15) is 0 Å². The minimum Gasteiger partial charge on any atom is -0.0683 e. The predicted molar refractivity (Wildman–Crippen MR) is 649 cm³/mol. The molecule has 0 spiro atoms. The van der Waals surface area contributed by atoms with Crippen molar-refractivity contribution < 1.29 is 0 Å². The number of hydrogen-bond donors (Lipinski definition) is 0. The highest BCUT2D eigenvalue weighted by molar-refractivity contribution is 6.06. The maximum Gasteiger partial charge on any atom is -0.0146 e. The van der Waals surface area contributed by atoms with E-state index < -0.39 is 0 Å². The van der Waals surface area contributed by atoms with Gasteiger partial charge in [0.2, 0.25) is 0 Å². The molecule has 0 aliphatic rings. The lowest BCUT2D eigenvalue weighted by atomic mass is 9.93. The molecule has 0 atom stereocenters. The number of benzene rings is 21. The molecule has 0 fully saturated rings. The summed E-state index contributed by atoms with van der Waals surface area (Å²) >= 11 is 0. The fourth-order valence-corrected chi connectivity index (χ4v) is 13.7. The van der Waals surface area contributed by atoms with E-state index in [0.717, 1.165) is 0 Å². The first-order valence-electron chi connectivity index (χ1n) is 52.2. The first kappa shape index (κ1) is 128. The predicted octanol–water partition coefficient (Wildman–Crippen LogP) is 45.6. The third kappa shape index (κ3) is 48.5. The van der Waals surface area contributed by atoms with Gasteiger partial charge < -0.3 is 0 Å². The van der Waals surface area contributed by atoms with Crippen molar-refractivity contribution in [1.82, 2.24) is 0 Å². The first-order valence-corrected chi connectivity index (χ1v) is 52.2. The molecule has 0 nitrogen and oxygen atoms in total. The standard InChI is InChI=1S/C16H14.C15H12.2C14H10.2C10H8.3C8H10.2C6H6.C3H8.11C2H6/c1-11-13-7-3-5-9-15(13)12(2)16-10-6-4-8-14(11)16;1-11-14-8-4-2-6-12(14)10-13-7-3-5-9-15(11)13;2*1-2-6-12-10-14-8-4-3-7-13(14)9-11(12)5-1;2*1-2-6-10-8-4-3-7-9(10)5-1;1-7-3-5-8(2)6-4-7;1-7-4-3-5-8(2)6-7;1-7-5-3-4-6-8(7)2;2*1-2-4-6-5-3-1;1-3-2;11*1-2/h3-10H,1-2H3;2-10H,1H3;2*1-10H;2*1-8H;3*3-6H,1-2H3;2*1-6H;3H2,1-2H3;11*1-2H3. The molecule has 0 heterocycles. The molecule has 0 aliphatic carbocycles. The first-order chi connectivity index (χ1) is 68.7. The van der Waals surface area contributed by atoms with Crippen molar-refractivity contribution in [2.45, 2.75) is 235 Å². The van der Waals surface area contributed by atoms with E-state index in [-0.39, 0.29) is 0 Å². The molecule has 0 aliphatic heterocycles. The van der Waals surface area contributed by atoms with Crippen LogP contribution in [0.25, 0.3) is 108 Å². The molecule has 21 rings (SSSR count). The molecule has 140 heavy (non-hydrogen) atoms. The summed E-state index contributed by atoms with van der Waals surface area (Å²) in [7, 11) is 0. The van der Waals surface area contributed by atoms with Gasteiger partial charge in [0, 0.05) is 0 Å². The molecule has 0 heteroatoms. The van der Waals surface area contributed by atoms with Crippen molar-refractivity contribution in [2.75, 3.05) is 0 Å². The highest BCUT2D eigenvalue weighted by Crippen LogP contribution is 2.33. The van der Waals surface area contributed by atoms with Crippen molar-refractivity contribution in [3.8, 4) is 0 Å². The zero-order valence-electron chi connectivity index (χ0n) is 92.7. The summed E-state index contributed by atoms with van der Waals surface area (Å²) in [6, 6.07) is 162. The van der Waals surface area contributed by atoms with Crippen LogP contribution in [-0.2, 0) is 0 Å². The molecular formula is C140H178. The van der Waals surface area contributed by atoms with Crippen LogP contribution < -0.4 is 0 Å². The van der Waals surface area contributed by atoms with Crippen LogP contribution in [0.3, 0.4) is 0 Å². The maximum absolute atomic E-state index is 2.26. The Bertz CT molecular complexity index is 5690. The van der Waals surface area contributed by atoms with Crippen LogP contribution in [0.5, 0.6) is 0 Å². The van der Waals surface area contributed by atoms with Crippen molar-refractivity contribution in [3.05, 3.63) is 517 Å². The fraction of sp³-hybridized carbons (Fsp3) is 0.243. The van der Waals surface area contributed by atoms with E-state index in [2.05, 4.69) is 470 Å². The summed E-state index contributed by atoms with van der Waals surface area (Å²) in [5, 5.41) is 26.6. The summed E-state index contributed by atoms with van der Waals surface area (Å²) in [6.45, 7) is 67.5. The lowest BCUT2D eigenvalue weighted by Crippen LogP contribution is -1.87. The largest absolute Gasteiger partial charge is 0.0683 e. The van der Waals surface area contributed by atoms with Crippen molar-refractivity contribution in [2.24, 2.45) is 0 Å². The van der Waals surface area contributed by atoms with Gasteiger partial charge in [-0.3, -0.25) is 0 Å². The van der Waals surface area contributed by atoms with E-state index in [9.17, 15) is 0 Å². The lowest BCUT2D eigenvalue weighted by molar-refractivity contribution is 1.09. The average Bonchev–Trinajstić information content (AvgIpc) is 0.764. The fourth-order valence-electron chi connectivity index (χ4n) is 13.7. The molecule has 0 radical (unpaired) electrons. The molecule has 0 amide bonds. The maximum atomic E-state index is 2.26. The van der Waals surface area contributed by atoms with Crippen molar-refractivity contribution >= 4 is 108 Å². The highest BCUT2D eigenvalue weighted by atomic mass is 14.1. The van der Waals surface area contributed by atoms with Gasteiger partial charge in [-0.25, -0.2) is 0 Å². The molecule has 0 N–H and O–H groups in total. The second-order valence-corrected chi connectivity index (χ2v) is 29.5. The van der Waals surface area contributed by atoms with Crippen LogP contribution in [-0.4, -0.2) is 0 Å². The summed E-state index contributed by atoms with van der Waals surface area (Å²) in [4.78, 5) is 0. The summed E-state index contributed by atoms with van der Waals surface area (Å²) < 4.78 is 0. The molecule has 0 unspecified atom stereocenters. The van der Waals surface area contributed by atoms with Crippen LogP contribution in [0.1, 0.15) is 223 Å². The Morgan fingerprint density at radius 2 is 0.250 bits per heavy atom. The zero-order chi connectivity index (χ0) is 105. The highest BCUT2D eigenvalue weighted by Gasteiger charge is 2.08. The van der Waals surface area contributed by atoms with E-state index in [1.165, 1.54) is 164 Å². The van der Waals surface area contributed by atoms with Crippen molar-refractivity contribution in [3.63, 3.8) is 0 Å². The van der Waals surface area contributed by atoms with E-state index in [0.29, 0.717) is 0 Å². The minimum atomic E-state index is 1.25. The Labute approximate surface area is 853 Å². The Morgan fingerprint density at radius 1 is 0.114 bits per heavy atom. The molecule has 21 aromatic carbocycles. The minimum absolute atomic E-state index is 1.25. The molecular weight excluding hydrogens is 1680 g/mol. The van der Waals surface area contributed by atoms with Gasteiger partial charge in [0.15, 0.2) is 0 Å². The zero-order valence-corrected chi connectivity index (χ0v) is 92.7. The second kappa shape index (κ2) is 84.5. The van der Waals surface area contributed by atoms with Gasteiger partial charge in [-0.15, -0.1) is 0 Å².